The van der Waals surface area contributed by atoms with Gasteiger partial charge < -0.3 is 5.32 Å². The summed E-state index contributed by atoms with van der Waals surface area (Å²) >= 11 is 1.79. The average Bonchev–Trinajstić information content (AvgIpc) is 2.87. The first-order valence-electron chi connectivity index (χ1n) is 6.02. The minimum Gasteiger partial charge on any atom is -0.315 e. The van der Waals surface area contributed by atoms with Gasteiger partial charge >= 0.3 is 0 Å². The third kappa shape index (κ3) is 4.67. The molecule has 18 heavy (non-hydrogen) atoms. The number of rotatable bonds is 4. The SMILES string of the molecule is CC(C)c1nc(CN(C)C2CCNC2)cs1.Cl.Cl. The maximum Gasteiger partial charge on any atom is 0.0954 e. The van der Waals surface area contributed by atoms with Crippen LogP contribution in [0.2, 0.25) is 0 Å². The molecule has 1 N–H and O–H groups in total. The van der Waals surface area contributed by atoms with Gasteiger partial charge in [0.05, 0.1) is 10.7 Å². The summed E-state index contributed by atoms with van der Waals surface area (Å²) in [6, 6.07) is 0.684. The third-order valence-corrected chi connectivity index (χ3v) is 4.33. The zero-order chi connectivity index (χ0) is 11.5. The van der Waals surface area contributed by atoms with Crippen LogP contribution in [-0.2, 0) is 6.54 Å². The number of nitrogens with one attached hydrogen (secondary N) is 1. The van der Waals surface area contributed by atoms with E-state index in [0.717, 1.165) is 19.6 Å². The molecule has 1 unspecified atom stereocenters. The zero-order valence-corrected chi connectivity index (χ0v) is 13.6. The second kappa shape index (κ2) is 8.33. The summed E-state index contributed by atoms with van der Waals surface area (Å²) in [6.45, 7) is 7.66. The van der Waals surface area contributed by atoms with Gasteiger partial charge in [0.1, 0.15) is 0 Å². The molecule has 106 valence electrons. The van der Waals surface area contributed by atoms with E-state index in [2.05, 4.69) is 41.5 Å². The fraction of sp³-hybridized carbons (Fsp3) is 0.750. The van der Waals surface area contributed by atoms with Gasteiger partial charge in [-0.15, -0.1) is 36.2 Å². The molecule has 0 bridgehead atoms. The Morgan fingerprint density at radius 3 is 2.72 bits per heavy atom. The number of likely N-dealkylation sites (N-methyl/N-ethyl adjacent to an activating group) is 1. The van der Waals surface area contributed by atoms with Crippen LogP contribution in [0, 0.1) is 0 Å². The molecule has 2 rings (SSSR count). The third-order valence-electron chi connectivity index (χ3n) is 3.13. The minimum absolute atomic E-state index is 0. The molecule has 1 aliphatic rings. The molecular formula is C12H23Cl2N3S. The second-order valence-electron chi connectivity index (χ2n) is 4.89. The maximum atomic E-state index is 4.68. The molecule has 1 aromatic rings. The Morgan fingerprint density at radius 2 is 2.22 bits per heavy atom. The first-order chi connectivity index (χ1) is 7.66. The fourth-order valence-electron chi connectivity index (χ4n) is 2.06. The Hall–Kier alpha value is 0.130. The van der Waals surface area contributed by atoms with Crippen molar-refractivity contribution >= 4 is 36.2 Å². The number of nitrogens with zero attached hydrogens (tertiary/aromatic N) is 2. The standard InChI is InChI=1S/C12H21N3S.2ClH/c1-9(2)12-14-10(8-16-12)7-15(3)11-4-5-13-6-11;;/h8-9,11,13H,4-7H2,1-3H3;2*1H. The molecule has 0 aliphatic carbocycles. The summed E-state index contributed by atoms with van der Waals surface area (Å²) in [6.07, 6.45) is 1.26. The van der Waals surface area contributed by atoms with E-state index < -0.39 is 0 Å². The van der Waals surface area contributed by atoms with Gasteiger partial charge in [-0.3, -0.25) is 4.90 Å². The van der Waals surface area contributed by atoms with Crippen molar-refractivity contribution < 1.29 is 0 Å². The lowest BCUT2D eigenvalue weighted by Gasteiger charge is -2.22. The van der Waals surface area contributed by atoms with E-state index in [-0.39, 0.29) is 24.8 Å². The van der Waals surface area contributed by atoms with Gasteiger partial charge in [-0.25, -0.2) is 4.98 Å². The van der Waals surface area contributed by atoms with Crippen LogP contribution in [0.4, 0.5) is 0 Å². The molecule has 0 spiro atoms. The average molecular weight is 312 g/mol. The number of hydrogen-bond acceptors (Lipinski definition) is 4. The number of hydrogen-bond donors (Lipinski definition) is 1. The van der Waals surface area contributed by atoms with Gasteiger partial charge in [-0.1, -0.05) is 13.8 Å². The zero-order valence-electron chi connectivity index (χ0n) is 11.2. The van der Waals surface area contributed by atoms with Crippen LogP contribution in [0.5, 0.6) is 0 Å². The number of thiazole rings is 1. The monoisotopic (exact) mass is 311 g/mol. The quantitative estimate of drug-likeness (QED) is 0.926. The van der Waals surface area contributed by atoms with E-state index in [9.17, 15) is 0 Å². The Morgan fingerprint density at radius 1 is 1.50 bits per heavy atom. The normalized spacial score (nSPS) is 18.8. The first-order valence-corrected chi connectivity index (χ1v) is 6.90. The molecule has 3 nitrogen and oxygen atoms in total. The molecule has 1 aromatic heterocycles. The van der Waals surface area contributed by atoms with Crippen molar-refractivity contribution in [2.75, 3.05) is 20.1 Å². The molecule has 0 aromatic carbocycles. The van der Waals surface area contributed by atoms with Crippen molar-refractivity contribution in [3.05, 3.63) is 16.1 Å². The maximum absolute atomic E-state index is 4.68. The first kappa shape index (κ1) is 18.1. The van der Waals surface area contributed by atoms with Crippen LogP contribution in [-0.4, -0.2) is 36.1 Å². The Kier molecular flexibility index (Phi) is 8.39. The van der Waals surface area contributed by atoms with Gasteiger partial charge in [0.2, 0.25) is 0 Å². The Labute approximate surface area is 126 Å². The summed E-state index contributed by atoms with van der Waals surface area (Å²) < 4.78 is 0. The van der Waals surface area contributed by atoms with Gasteiger partial charge in [-0.05, 0) is 20.0 Å². The molecule has 0 saturated carbocycles. The Bertz CT molecular complexity index is 338. The van der Waals surface area contributed by atoms with Crippen molar-refractivity contribution in [3.8, 4) is 0 Å². The van der Waals surface area contributed by atoms with E-state index in [1.54, 1.807) is 11.3 Å². The van der Waals surface area contributed by atoms with Crippen LogP contribution in [0.15, 0.2) is 5.38 Å². The molecule has 1 saturated heterocycles. The molecule has 6 heteroatoms. The molecule has 1 fully saturated rings. The van der Waals surface area contributed by atoms with Crippen molar-refractivity contribution in [2.24, 2.45) is 0 Å². The molecule has 0 radical (unpaired) electrons. The lowest BCUT2D eigenvalue weighted by Crippen LogP contribution is -2.32. The van der Waals surface area contributed by atoms with Crippen molar-refractivity contribution in [2.45, 2.75) is 38.8 Å². The summed E-state index contributed by atoms with van der Waals surface area (Å²) in [4.78, 5) is 7.09. The van der Waals surface area contributed by atoms with Crippen molar-refractivity contribution in [3.63, 3.8) is 0 Å². The smallest absolute Gasteiger partial charge is 0.0954 e. The lowest BCUT2D eigenvalue weighted by molar-refractivity contribution is 0.246. The van der Waals surface area contributed by atoms with E-state index in [4.69, 9.17) is 0 Å². The van der Waals surface area contributed by atoms with Crippen LogP contribution >= 0.6 is 36.2 Å². The predicted molar refractivity (Wildman–Crippen MR) is 83.4 cm³/mol. The molecular weight excluding hydrogens is 289 g/mol. The van der Waals surface area contributed by atoms with E-state index >= 15 is 0 Å². The summed E-state index contributed by atoms with van der Waals surface area (Å²) in [7, 11) is 2.20. The van der Waals surface area contributed by atoms with Gasteiger partial charge in [0.15, 0.2) is 0 Å². The highest BCUT2D eigenvalue weighted by molar-refractivity contribution is 7.09. The van der Waals surface area contributed by atoms with Gasteiger partial charge in [0.25, 0.3) is 0 Å². The summed E-state index contributed by atoms with van der Waals surface area (Å²) in [5.41, 5.74) is 1.23. The van der Waals surface area contributed by atoms with Crippen LogP contribution < -0.4 is 5.32 Å². The highest BCUT2D eigenvalue weighted by Crippen LogP contribution is 2.20. The Balaban J connectivity index is 0.00000144. The number of halogens is 2. The van der Waals surface area contributed by atoms with Gasteiger partial charge in [-0.2, -0.15) is 0 Å². The van der Waals surface area contributed by atoms with Crippen LogP contribution in [0.1, 0.15) is 36.9 Å². The minimum atomic E-state index is 0. The van der Waals surface area contributed by atoms with E-state index in [0.29, 0.717) is 12.0 Å². The van der Waals surface area contributed by atoms with E-state index in [1.165, 1.54) is 17.1 Å². The largest absolute Gasteiger partial charge is 0.315 e. The summed E-state index contributed by atoms with van der Waals surface area (Å²) in [5, 5.41) is 6.86. The highest BCUT2D eigenvalue weighted by atomic mass is 35.5. The predicted octanol–water partition coefficient (Wildman–Crippen LogP) is 2.90. The fourth-order valence-corrected chi connectivity index (χ4v) is 2.89. The topological polar surface area (TPSA) is 28.2 Å². The molecule has 1 aliphatic heterocycles. The molecule has 2 heterocycles. The lowest BCUT2D eigenvalue weighted by atomic mass is 10.2. The highest BCUT2D eigenvalue weighted by Gasteiger charge is 2.19. The van der Waals surface area contributed by atoms with E-state index in [1.807, 2.05) is 0 Å². The second-order valence-corrected chi connectivity index (χ2v) is 5.78. The van der Waals surface area contributed by atoms with Gasteiger partial charge in [0, 0.05) is 30.4 Å². The van der Waals surface area contributed by atoms with Crippen LogP contribution in [0.25, 0.3) is 0 Å². The molecule has 0 amide bonds. The van der Waals surface area contributed by atoms with Crippen molar-refractivity contribution in [1.29, 1.82) is 0 Å². The van der Waals surface area contributed by atoms with Crippen LogP contribution in [0.3, 0.4) is 0 Å². The summed E-state index contributed by atoms with van der Waals surface area (Å²) in [5.74, 6) is 0.553. The molecule has 1 atom stereocenters. The number of aromatic nitrogens is 1. The van der Waals surface area contributed by atoms with Crippen molar-refractivity contribution in [1.82, 2.24) is 15.2 Å².